The SMILES string of the molecule is N#CCCSCCCCOc1ccc(Cl)cc1. The van der Waals surface area contributed by atoms with Gasteiger partial charge in [-0.05, 0) is 42.9 Å². The highest BCUT2D eigenvalue weighted by Gasteiger charge is 1.94. The molecule has 0 bridgehead atoms. The number of benzene rings is 1. The van der Waals surface area contributed by atoms with Gasteiger partial charge in [0.1, 0.15) is 5.75 Å². The largest absolute Gasteiger partial charge is 0.494 e. The molecule has 0 saturated carbocycles. The first-order valence-electron chi connectivity index (χ1n) is 5.66. The van der Waals surface area contributed by atoms with Crippen molar-refractivity contribution in [1.82, 2.24) is 0 Å². The molecule has 0 spiro atoms. The summed E-state index contributed by atoms with van der Waals surface area (Å²) in [6.07, 6.45) is 2.82. The third kappa shape index (κ3) is 7.14. The topological polar surface area (TPSA) is 33.0 Å². The van der Waals surface area contributed by atoms with Crippen molar-refractivity contribution in [3.8, 4) is 11.8 Å². The van der Waals surface area contributed by atoms with Gasteiger partial charge in [-0.15, -0.1) is 0 Å². The lowest BCUT2D eigenvalue weighted by molar-refractivity contribution is 0.310. The van der Waals surface area contributed by atoms with E-state index in [1.807, 2.05) is 36.0 Å². The first kappa shape index (κ1) is 14.2. The van der Waals surface area contributed by atoms with E-state index in [-0.39, 0.29) is 0 Å². The molecule has 0 aromatic heterocycles. The van der Waals surface area contributed by atoms with E-state index < -0.39 is 0 Å². The van der Waals surface area contributed by atoms with E-state index in [0.29, 0.717) is 6.42 Å². The van der Waals surface area contributed by atoms with Gasteiger partial charge in [0.25, 0.3) is 0 Å². The van der Waals surface area contributed by atoms with Crippen LogP contribution < -0.4 is 4.74 Å². The average molecular weight is 270 g/mol. The van der Waals surface area contributed by atoms with Gasteiger partial charge in [-0.2, -0.15) is 17.0 Å². The zero-order valence-electron chi connectivity index (χ0n) is 9.69. The third-order valence-corrected chi connectivity index (χ3v) is 3.45. The van der Waals surface area contributed by atoms with Crippen LogP contribution in [-0.2, 0) is 0 Å². The van der Waals surface area contributed by atoms with Gasteiger partial charge in [-0.1, -0.05) is 11.6 Å². The highest BCUT2D eigenvalue weighted by molar-refractivity contribution is 7.99. The average Bonchev–Trinajstić information content (AvgIpc) is 2.35. The van der Waals surface area contributed by atoms with Crippen LogP contribution in [0.2, 0.25) is 5.02 Å². The van der Waals surface area contributed by atoms with Crippen molar-refractivity contribution in [3.63, 3.8) is 0 Å². The van der Waals surface area contributed by atoms with Crippen LogP contribution in [0.3, 0.4) is 0 Å². The minimum Gasteiger partial charge on any atom is -0.494 e. The second-order valence-electron chi connectivity index (χ2n) is 3.53. The molecule has 0 N–H and O–H groups in total. The molecule has 0 atom stereocenters. The lowest BCUT2D eigenvalue weighted by Crippen LogP contribution is -1.97. The highest BCUT2D eigenvalue weighted by Crippen LogP contribution is 2.16. The van der Waals surface area contributed by atoms with Crippen molar-refractivity contribution in [2.24, 2.45) is 0 Å². The van der Waals surface area contributed by atoms with Crippen LogP contribution in [0.1, 0.15) is 19.3 Å². The number of hydrogen-bond acceptors (Lipinski definition) is 3. The molecule has 0 aliphatic rings. The lowest BCUT2D eigenvalue weighted by Gasteiger charge is -2.05. The molecule has 0 aliphatic carbocycles. The summed E-state index contributed by atoms with van der Waals surface area (Å²) in [6.45, 7) is 0.737. The van der Waals surface area contributed by atoms with Crippen molar-refractivity contribution in [1.29, 1.82) is 5.26 Å². The number of rotatable bonds is 8. The lowest BCUT2D eigenvalue weighted by atomic mass is 10.3. The number of ether oxygens (including phenoxy) is 1. The normalized spacial score (nSPS) is 9.88. The van der Waals surface area contributed by atoms with Crippen LogP contribution >= 0.6 is 23.4 Å². The standard InChI is InChI=1S/C13H16ClNOS/c14-12-4-6-13(7-5-12)16-9-1-2-10-17-11-3-8-15/h4-7H,1-3,9-11H2. The Hall–Kier alpha value is -0.850. The molecule has 0 aliphatic heterocycles. The second-order valence-corrected chi connectivity index (χ2v) is 5.19. The van der Waals surface area contributed by atoms with E-state index >= 15 is 0 Å². The maximum Gasteiger partial charge on any atom is 0.119 e. The fourth-order valence-electron chi connectivity index (χ4n) is 1.25. The maximum absolute atomic E-state index is 8.36. The number of halogens is 1. The van der Waals surface area contributed by atoms with Gasteiger partial charge < -0.3 is 4.74 Å². The van der Waals surface area contributed by atoms with Gasteiger partial charge in [0.2, 0.25) is 0 Å². The van der Waals surface area contributed by atoms with Crippen LogP contribution in [0.15, 0.2) is 24.3 Å². The van der Waals surface area contributed by atoms with Gasteiger partial charge in [-0.25, -0.2) is 0 Å². The molecule has 17 heavy (non-hydrogen) atoms. The van der Waals surface area contributed by atoms with Gasteiger partial charge in [0, 0.05) is 17.2 Å². The van der Waals surface area contributed by atoms with E-state index in [1.54, 1.807) is 0 Å². The summed E-state index contributed by atoms with van der Waals surface area (Å²) in [5.41, 5.74) is 0. The summed E-state index contributed by atoms with van der Waals surface area (Å²) >= 11 is 7.61. The van der Waals surface area contributed by atoms with Crippen LogP contribution in [0.5, 0.6) is 5.75 Å². The Balaban J connectivity index is 1.97. The van der Waals surface area contributed by atoms with Gasteiger partial charge >= 0.3 is 0 Å². The zero-order valence-corrected chi connectivity index (χ0v) is 11.3. The van der Waals surface area contributed by atoms with Crippen molar-refractivity contribution >= 4 is 23.4 Å². The molecule has 0 amide bonds. The number of thioether (sulfide) groups is 1. The van der Waals surface area contributed by atoms with E-state index in [0.717, 1.165) is 41.7 Å². The monoisotopic (exact) mass is 269 g/mol. The van der Waals surface area contributed by atoms with E-state index in [1.165, 1.54) is 0 Å². The Bertz CT molecular complexity index is 347. The first-order valence-corrected chi connectivity index (χ1v) is 7.19. The minimum atomic E-state index is 0.645. The summed E-state index contributed by atoms with van der Waals surface area (Å²) in [4.78, 5) is 0. The molecule has 0 heterocycles. The third-order valence-electron chi connectivity index (χ3n) is 2.12. The fraction of sp³-hybridized carbons (Fsp3) is 0.462. The molecule has 92 valence electrons. The zero-order chi connectivity index (χ0) is 12.3. The van der Waals surface area contributed by atoms with Crippen molar-refractivity contribution in [3.05, 3.63) is 29.3 Å². The molecule has 0 unspecified atom stereocenters. The van der Waals surface area contributed by atoms with Crippen LogP contribution in [-0.4, -0.2) is 18.1 Å². The van der Waals surface area contributed by atoms with Crippen molar-refractivity contribution in [2.45, 2.75) is 19.3 Å². The Morgan fingerprint density at radius 2 is 1.94 bits per heavy atom. The molecule has 1 rings (SSSR count). The van der Waals surface area contributed by atoms with Crippen molar-refractivity contribution in [2.75, 3.05) is 18.1 Å². The van der Waals surface area contributed by atoms with Gasteiger partial charge in [-0.3, -0.25) is 0 Å². The smallest absolute Gasteiger partial charge is 0.119 e. The fourth-order valence-corrected chi connectivity index (χ4v) is 2.22. The number of nitrogens with zero attached hydrogens (tertiary/aromatic N) is 1. The number of nitriles is 1. The van der Waals surface area contributed by atoms with E-state index in [9.17, 15) is 0 Å². The summed E-state index contributed by atoms with van der Waals surface area (Å²) in [7, 11) is 0. The van der Waals surface area contributed by atoms with Crippen LogP contribution in [0.4, 0.5) is 0 Å². The molecule has 2 nitrogen and oxygen atoms in total. The summed E-state index contributed by atoms with van der Waals surface area (Å²) < 4.78 is 5.57. The molecule has 1 aromatic rings. The van der Waals surface area contributed by atoms with Crippen LogP contribution in [0, 0.1) is 11.3 Å². The molecule has 4 heteroatoms. The quantitative estimate of drug-likeness (QED) is 0.665. The van der Waals surface area contributed by atoms with Gasteiger partial charge in [0.15, 0.2) is 0 Å². The van der Waals surface area contributed by atoms with Crippen LogP contribution in [0.25, 0.3) is 0 Å². The summed E-state index contributed by atoms with van der Waals surface area (Å²) in [5.74, 6) is 2.91. The summed E-state index contributed by atoms with van der Waals surface area (Å²) in [6, 6.07) is 9.55. The minimum absolute atomic E-state index is 0.645. The predicted molar refractivity (Wildman–Crippen MR) is 73.7 cm³/mol. The molecule has 0 radical (unpaired) electrons. The summed E-state index contributed by atoms with van der Waals surface area (Å²) in [5, 5.41) is 9.09. The number of unbranched alkanes of at least 4 members (excludes halogenated alkanes) is 1. The molecular weight excluding hydrogens is 254 g/mol. The predicted octanol–water partition coefficient (Wildman–Crippen LogP) is 4.15. The van der Waals surface area contributed by atoms with Crippen molar-refractivity contribution < 1.29 is 4.74 Å². The molecule has 1 aromatic carbocycles. The Kier molecular flexibility index (Phi) is 7.70. The second kappa shape index (κ2) is 9.21. The van der Waals surface area contributed by atoms with E-state index in [2.05, 4.69) is 6.07 Å². The molecule has 0 saturated heterocycles. The highest BCUT2D eigenvalue weighted by atomic mass is 35.5. The van der Waals surface area contributed by atoms with E-state index in [4.69, 9.17) is 21.6 Å². The van der Waals surface area contributed by atoms with Gasteiger partial charge in [0.05, 0.1) is 12.7 Å². The Labute approximate surface area is 112 Å². The molecular formula is C13H16ClNOS. The molecule has 0 fully saturated rings. The first-order chi connectivity index (χ1) is 8.33. The number of hydrogen-bond donors (Lipinski definition) is 0. The Morgan fingerprint density at radius 1 is 1.18 bits per heavy atom. The maximum atomic E-state index is 8.36. The Morgan fingerprint density at radius 3 is 2.65 bits per heavy atom.